The number of halogens is 12. The van der Waals surface area contributed by atoms with Gasteiger partial charge >= 0.3 is 24.7 Å². The number of pyridine rings is 2. The van der Waals surface area contributed by atoms with Gasteiger partial charge < -0.3 is 19.6 Å². The molecule has 8 aromatic rings. The van der Waals surface area contributed by atoms with E-state index in [2.05, 4.69) is 25.2 Å². The molecule has 4 heterocycles. The summed E-state index contributed by atoms with van der Waals surface area (Å²) in [6.07, 6.45) is -10.1. The van der Waals surface area contributed by atoms with Gasteiger partial charge in [-0.15, -0.1) is 5.10 Å². The highest BCUT2D eigenvalue weighted by Gasteiger charge is 2.43. The summed E-state index contributed by atoms with van der Waals surface area (Å²) >= 11 is 0. The lowest BCUT2D eigenvalue weighted by Crippen LogP contribution is -2.32. The molecule has 4 aromatic carbocycles. The number of fused-ring (bicyclic) bond motifs is 2. The molecule has 12 nitrogen and oxygen atoms in total. The van der Waals surface area contributed by atoms with Crippen LogP contribution in [0.25, 0.3) is 21.8 Å². The Kier molecular flexibility index (Phi) is 16.1. The molecule has 3 aliphatic rings. The Bertz CT molecular complexity index is 3620. The van der Waals surface area contributed by atoms with Crippen molar-refractivity contribution in [3.8, 4) is 0 Å². The third-order valence-electron chi connectivity index (χ3n) is 16.3. The standard InChI is InChI=1S/C61H60F12N12/c1-4-82(29-37-11-5-6-12-37)54-44(22-41-13-7-8-15-52(41)76-54)34-84(31-39-18-47(58(62,63)64)25-48(19-39)59(65,66)67)56-74-27-46(28-75-56)51-24-43(51)33-83(30-38-16-17-38)55-45(23-42-14-9-10-36(2)53(42)77-55)35-85(57-78-80-81(3)79-57)32-40-20-49(60(68,69)70)26-50(21-40)61(71,72)73/h7-10,13-15,18-23,25-28,37-38,43,51H,4-6,11-12,16-17,24,29-35H2,1-3H3. The minimum absolute atomic E-state index is 0.00667. The molecule has 448 valence electrons. The molecule has 3 fully saturated rings. The highest BCUT2D eigenvalue weighted by molar-refractivity contribution is 5.85. The highest BCUT2D eigenvalue weighted by atomic mass is 19.4. The zero-order valence-corrected chi connectivity index (χ0v) is 46.6. The van der Waals surface area contributed by atoms with Gasteiger partial charge in [-0.3, -0.25) is 0 Å². The predicted octanol–water partition coefficient (Wildman–Crippen LogP) is 14.9. The van der Waals surface area contributed by atoms with Crippen LogP contribution in [0.2, 0.25) is 0 Å². The van der Waals surface area contributed by atoms with Crippen molar-refractivity contribution in [3.63, 3.8) is 0 Å². The molecule has 0 amide bonds. The van der Waals surface area contributed by atoms with E-state index < -0.39 is 60.0 Å². The lowest BCUT2D eigenvalue weighted by Gasteiger charge is -2.30. The Balaban J connectivity index is 0.918. The van der Waals surface area contributed by atoms with Crippen LogP contribution in [-0.2, 0) is 57.9 Å². The molecule has 0 bridgehead atoms. The van der Waals surface area contributed by atoms with E-state index in [1.54, 1.807) is 17.3 Å². The van der Waals surface area contributed by atoms with Crippen molar-refractivity contribution in [2.45, 2.75) is 116 Å². The van der Waals surface area contributed by atoms with Gasteiger partial charge in [0.2, 0.25) is 5.95 Å². The van der Waals surface area contributed by atoms with Gasteiger partial charge in [-0.1, -0.05) is 54.3 Å². The number of rotatable bonds is 20. The van der Waals surface area contributed by atoms with E-state index in [4.69, 9.17) is 19.9 Å². The maximum absolute atomic E-state index is 14.3. The Labute approximate surface area is 481 Å². The molecular formula is C61H60F12N12. The molecule has 2 unspecified atom stereocenters. The van der Waals surface area contributed by atoms with Crippen molar-refractivity contribution in [3.05, 3.63) is 159 Å². The van der Waals surface area contributed by atoms with E-state index in [0.717, 1.165) is 89.4 Å². The normalized spacial score (nSPS) is 16.8. The Morgan fingerprint density at radius 3 is 1.60 bits per heavy atom. The van der Waals surface area contributed by atoms with Gasteiger partial charge in [0.1, 0.15) is 11.6 Å². The lowest BCUT2D eigenvalue weighted by molar-refractivity contribution is -0.144. The molecule has 2 atom stereocenters. The zero-order valence-electron chi connectivity index (χ0n) is 46.6. The average molecular weight is 1190 g/mol. The molecule has 0 spiro atoms. The van der Waals surface area contributed by atoms with E-state index >= 15 is 0 Å². The molecule has 0 saturated heterocycles. The first-order chi connectivity index (χ1) is 40.3. The van der Waals surface area contributed by atoms with Crippen LogP contribution in [0, 0.1) is 24.7 Å². The van der Waals surface area contributed by atoms with Gasteiger partial charge in [-0.05, 0) is 152 Å². The average Bonchev–Trinajstić information content (AvgIpc) is 2.64. The third kappa shape index (κ3) is 13.8. The first-order valence-corrected chi connectivity index (χ1v) is 28.2. The first kappa shape index (κ1) is 59.0. The number of benzene rings is 4. The molecule has 11 rings (SSSR count). The Hall–Kier alpha value is -7.79. The molecule has 0 radical (unpaired) electrons. The minimum Gasteiger partial charge on any atom is -0.356 e. The van der Waals surface area contributed by atoms with Gasteiger partial charge in [-0.25, -0.2) is 19.9 Å². The Morgan fingerprint density at radius 1 is 0.541 bits per heavy atom. The van der Waals surface area contributed by atoms with Crippen molar-refractivity contribution in [2.24, 2.45) is 24.8 Å². The fourth-order valence-electron chi connectivity index (χ4n) is 11.7. The van der Waals surface area contributed by atoms with Crippen LogP contribution in [0.15, 0.2) is 103 Å². The second-order valence-corrected chi connectivity index (χ2v) is 22.9. The largest absolute Gasteiger partial charge is 0.416 e. The molecule has 85 heavy (non-hydrogen) atoms. The minimum atomic E-state index is -5.08. The molecule has 3 aliphatic carbocycles. The molecule has 24 heteroatoms. The summed E-state index contributed by atoms with van der Waals surface area (Å²) in [5.74, 6) is 1.90. The zero-order chi connectivity index (χ0) is 60.2. The summed E-state index contributed by atoms with van der Waals surface area (Å²) in [5, 5.41) is 13.9. The maximum atomic E-state index is 14.3. The fourth-order valence-corrected chi connectivity index (χ4v) is 11.7. The molecule has 4 aromatic heterocycles. The van der Waals surface area contributed by atoms with Crippen LogP contribution >= 0.6 is 0 Å². The number of tetrazole rings is 1. The van der Waals surface area contributed by atoms with Crippen LogP contribution in [0.5, 0.6) is 0 Å². The quantitative estimate of drug-likeness (QED) is 0.0681. The van der Waals surface area contributed by atoms with Crippen molar-refractivity contribution < 1.29 is 52.7 Å². The molecule has 3 saturated carbocycles. The molecular weight excluding hydrogens is 1130 g/mol. The van der Waals surface area contributed by atoms with E-state index in [0.29, 0.717) is 78.3 Å². The van der Waals surface area contributed by atoms with Crippen molar-refractivity contribution >= 4 is 45.3 Å². The van der Waals surface area contributed by atoms with E-state index in [-0.39, 0.29) is 60.1 Å². The number of nitrogens with zero attached hydrogens (tertiary/aromatic N) is 12. The van der Waals surface area contributed by atoms with Gasteiger partial charge in [0.25, 0.3) is 5.95 Å². The second-order valence-electron chi connectivity index (χ2n) is 22.9. The van der Waals surface area contributed by atoms with Crippen molar-refractivity contribution in [1.29, 1.82) is 0 Å². The summed E-state index contributed by atoms with van der Waals surface area (Å²) in [6, 6.07) is 20.1. The lowest BCUT2D eigenvalue weighted by atomic mass is 10.0. The van der Waals surface area contributed by atoms with Gasteiger partial charge in [0.05, 0.1) is 40.3 Å². The first-order valence-electron chi connectivity index (χ1n) is 28.2. The number of aryl methyl sites for hydroxylation is 2. The summed E-state index contributed by atoms with van der Waals surface area (Å²) in [5.41, 5.74) is -2.00. The van der Waals surface area contributed by atoms with Crippen LogP contribution < -0.4 is 19.6 Å². The monoisotopic (exact) mass is 1190 g/mol. The highest BCUT2D eigenvalue weighted by Crippen LogP contribution is 2.49. The number of aromatic nitrogens is 8. The second kappa shape index (κ2) is 23.2. The van der Waals surface area contributed by atoms with Crippen LogP contribution in [0.3, 0.4) is 0 Å². The van der Waals surface area contributed by atoms with Crippen LogP contribution in [-0.4, -0.2) is 66.3 Å². The Morgan fingerprint density at radius 2 is 1.06 bits per heavy atom. The number of hydrogen-bond donors (Lipinski definition) is 0. The van der Waals surface area contributed by atoms with Crippen molar-refractivity contribution in [1.82, 2.24) is 40.1 Å². The van der Waals surface area contributed by atoms with Gasteiger partial charge in [-0.2, -0.15) is 57.5 Å². The summed E-state index contributed by atoms with van der Waals surface area (Å²) in [4.78, 5) is 28.5. The fraction of sp³-hybridized carbons (Fsp3) is 0.426. The van der Waals surface area contributed by atoms with Gasteiger partial charge in [0, 0.05) is 86.7 Å². The smallest absolute Gasteiger partial charge is 0.356 e. The number of hydrogen-bond acceptors (Lipinski definition) is 11. The number of anilines is 4. The van der Waals surface area contributed by atoms with Gasteiger partial charge in [0.15, 0.2) is 0 Å². The van der Waals surface area contributed by atoms with Crippen molar-refractivity contribution in [2.75, 3.05) is 45.8 Å². The van der Waals surface area contributed by atoms with E-state index in [9.17, 15) is 52.7 Å². The SMILES string of the molecule is CCN(CC1CCCC1)c1nc2ccccc2cc1CN(Cc1cc(C(F)(F)F)cc(C(F)(F)F)c1)c1ncc(C2CC2CN(CC2CC2)c2nc3c(C)cccc3cc2CN(Cc2cc(C(F)(F)F)cc(C(F)(F)F)c2)c2nnn(C)n2)cn1. The van der Waals surface area contributed by atoms with Crippen LogP contribution in [0.1, 0.15) is 113 Å². The number of para-hydroxylation sites is 2. The maximum Gasteiger partial charge on any atom is 0.416 e. The summed E-state index contributed by atoms with van der Waals surface area (Å²) < 4.78 is 171. The van der Waals surface area contributed by atoms with E-state index in [1.807, 2.05) is 68.4 Å². The summed E-state index contributed by atoms with van der Waals surface area (Å²) in [7, 11) is 1.48. The number of alkyl halides is 12. The molecule has 0 aliphatic heterocycles. The predicted molar refractivity (Wildman–Crippen MR) is 297 cm³/mol. The van der Waals surface area contributed by atoms with Crippen LogP contribution in [0.4, 0.5) is 76.2 Å². The third-order valence-corrected chi connectivity index (χ3v) is 16.3. The molecule has 0 N–H and O–H groups in total. The summed E-state index contributed by atoms with van der Waals surface area (Å²) in [6.45, 7) is 5.32. The van der Waals surface area contributed by atoms with E-state index in [1.165, 1.54) is 11.9 Å². The topological polar surface area (TPSA) is 108 Å².